The van der Waals surface area contributed by atoms with Crippen LogP contribution < -0.4 is 15.4 Å². The molecule has 0 spiro atoms. The van der Waals surface area contributed by atoms with Crippen molar-refractivity contribution in [3.8, 4) is 5.75 Å². The average Bonchev–Trinajstić information content (AvgIpc) is 3.78. The third-order valence-electron chi connectivity index (χ3n) is 9.49. The Labute approximate surface area is 285 Å². The molecule has 6 rings (SSSR count). The highest BCUT2D eigenvalue weighted by Crippen LogP contribution is 2.40. The zero-order valence-electron chi connectivity index (χ0n) is 26.4. The maximum absolute atomic E-state index is 14.3. The summed E-state index contributed by atoms with van der Waals surface area (Å²) >= 11 is 19.5. The van der Waals surface area contributed by atoms with Crippen molar-refractivity contribution in [3.05, 3.63) is 91.7 Å². The lowest BCUT2D eigenvalue weighted by molar-refractivity contribution is 0.0671. The Morgan fingerprint density at radius 3 is 2.48 bits per heavy atom. The van der Waals surface area contributed by atoms with Crippen LogP contribution >= 0.6 is 34.8 Å². The van der Waals surface area contributed by atoms with Gasteiger partial charge in [-0.3, -0.25) is 19.5 Å². The number of benzene rings is 2. The number of aromatic nitrogens is 1. The van der Waals surface area contributed by atoms with Gasteiger partial charge in [0.05, 0.1) is 27.8 Å². The molecule has 3 fully saturated rings. The molecule has 1 saturated carbocycles. The number of pyridine rings is 1. The van der Waals surface area contributed by atoms with Crippen LogP contribution in [0.25, 0.3) is 0 Å². The minimum Gasteiger partial charge on any atom is -0.486 e. The molecule has 1 aliphatic carbocycles. The molecule has 2 aliphatic heterocycles. The third kappa shape index (κ3) is 7.02. The number of piperidine rings is 1. The molecular weight excluding hydrogens is 645 g/mol. The molecule has 3 aromatic rings. The van der Waals surface area contributed by atoms with Crippen LogP contribution in [-0.4, -0.2) is 71.6 Å². The second-order valence-electron chi connectivity index (χ2n) is 12.7. The summed E-state index contributed by atoms with van der Waals surface area (Å²) in [6.45, 7) is 6.42. The number of carbonyl (C=O) groups excluding carboxylic acids is 2. The van der Waals surface area contributed by atoms with Gasteiger partial charge in [-0.1, -0.05) is 34.8 Å². The van der Waals surface area contributed by atoms with Gasteiger partial charge in [0.1, 0.15) is 6.10 Å². The molecule has 11 heteroatoms. The lowest BCUT2D eigenvalue weighted by atomic mass is 9.87. The SMILES string of the molecule is CNC(=O)c1ccc(Cl)c(C(C)N(C(=O)c2cnccc2C2CCC(N3CC[C@@H](Oc4c(Cl)cc(C)cc4Cl)C3)NC2)C2CC2)c1. The van der Waals surface area contributed by atoms with E-state index in [4.69, 9.17) is 39.5 Å². The fourth-order valence-electron chi connectivity index (χ4n) is 6.91. The number of likely N-dealkylation sites (tertiary alicyclic amines) is 1. The molecule has 2 saturated heterocycles. The fourth-order valence-corrected chi connectivity index (χ4v) is 7.87. The van der Waals surface area contributed by atoms with Crippen molar-refractivity contribution in [2.24, 2.45) is 0 Å². The number of nitrogens with one attached hydrogen (secondary N) is 2. The molecule has 3 heterocycles. The van der Waals surface area contributed by atoms with E-state index >= 15 is 0 Å². The predicted octanol–water partition coefficient (Wildman–Crippen LogP) is 7.02. The Bertz CT molecular complexity index is 1590. The van der Waals surface area contributed by atoms with Crippen molar-refractivity contribution in [3.63, 3.8) is 0 Å². The van der Waals surface area contributed by atoms with Crippen LogP contribution in [0.4, 0.5) is 0 Å². The zero-order chi connectivity index (χ0) is 32.5. The van der Waals surface area contributed by atoms with Gasteiger partial charge in [-0.2, -0.15) is 0 Å². The van der Waals surface area contributed by atoms with E-state index in [9.17, 15) is 9.59 Å². The number of carbonyl (C=O) groups is 2. The summed E-state index contributed by atoms with van der Waals surface area (Å²) in [6.07, 6.45) is 8.39. The smallest absolute Gasteiger partial charge is 0.256 e. The minimum absolute atomic E-state index is 0.0163. The second kappa shape index (κ2) is 14.1. The molecule has 2 aromatic carbocycles. The lowest BCUT2D eigenvalue weighted by Gasteiger charge is -2.37. The highest BCUT2D eigenvalue weighted by molar-refractivity contribution is 6.37. The molecule has 2 N–H and O–H groups in total. The maximum Gasteiger partial charge on any atom is 0.256 e. The summed E-state index contributed by atoms with van der Waals surface area (Å²) in [7, 11) is 1.60. The maximum atomic E-state index is 14.3. The van der Waals surface area contributed by atoms with Gasteiger partial charge in [0, 0.05) is 55.7 Å². The van der Waals surface area contributed by atoms with Crippen LogP contribution in [0.15, 0.2) is 48.8 Å². The highest BCUT2D eigenvalue weighted by Gasteiger charge is 2.39. The van der Waals surface area contributed by atoms with Crippen LogP contribution in [0.2, 0.25) is 15.1 Å². The first-order chi connectivity index (χ1) is 22.1. The van der Waals surface area contributed by atoms with E-state index in [-0.39, 0.29) is 42.1 Å². The summed E-state index contributed by atoms with van der Waals surface area (Å²) in [5, 5.41) is 8.03. The molecule has 4 atom stereocenters. The standard InChI is InChI=1S/C35H40Cl3N5O3/c1-20-14-30(37)33(31(38)15-20)46-25-11-13-42(19-25)32-9-5-23(17-41-32)26-10-12-40-18-28(26)35(45)43(24-6-7-24)21(2)27-16-22(34(44)39-3)4-8-29(27)36/h4,8,10,12,14-16,18,21,23-25,32,41H,5-7,9,11,13,17,19H2,1-3H3,(H,39,44)/t21?,23?,25-,32?/m1/s1. The Balaban J connectivity index is 1.13. The predicted molar refractivity (Wildman–Crippen MR) is 182 cm³/mol. The van der Waals surface area contributed by atoms with Gasteiger partial charge in [-0.25, -0.2) is 0 Å². The van der Waals surface area contributed by atoms with Crippen molar-refractivity contribution in [2.45, 2.75) is 76.2 Å². The first-order valence-corrected chi connectivity index (χ1v) is 17.2. The summed E-state index contributed by atoms with van der Waals surface area (Å²) < 4.78 is 6.26. The van der Waals surface area contributed by atoms with Gasteiger partial charge < -0.3 is 20.3 Å². The van der Waals surface area contributed by atoms with E-state index in [0.29, 0.717) is 31.9 Å². The molecule has 244 valence electrons. The molecule has 46 heavy (non-hydrogen) atoms. The van der Waals surface area contributed by atoms with Crippen molar-refractivity contribution in [1.29, 1.82) is 0 Å². The van der Waals surface area contributed by atoms with Crippen LogP contribution in [0.3, 0.4) is 0 Å². The quantitative estimate of drug-likeness (QED) is 0.252. The summed E-state index contributed by atoms with van der Waals surface area (Å²) in [6, 6.07) is 10.8. The second-order valence-corrected chi connectivity index (χ2v) is 13.9. The zero-order valence-corrected chi connectivity index (χ0v) is 28.6. The highest BCUT2D eigenvalue weighted by atomic mass is 35.5. The van der Waals surface area contributed by atoms with Crippen molar-refractivity contribution < 1.29 is 14.3 Å². The molecule has 8 nitrogen and oxygen atoms in total. The van der Waals surface area contributed by atoms with Crippen molar-refractivity contribution in [2.75, 3.05) is 26.7 Å². The number of hydrogen-bond acceptors (Lipinski definition) is 6. The van der Waals surface area contributed by atoms with E-state index in [1.807, 2.05) is 36.9 Å². The number of aryl methyl sites for hydroxylation is 1. The fraction of sp³-hybridized carbons (Fsp3) is 0.457. The molecule has 3 unspecified atom stereocenters. The topological polar surface area (TPSA) is 86.8 Å². The number of hydrogen-bond donors (Lipinski definition) is 2. The monoisotopic (exact) mass is 683 g/mol. The molecule has 3 aliphatic rings. The van der Waals surface area contributed by atoms with Gasteiger partial charge >= 0.3 is 0 Å². The number of rotatable bonds is 9. The number of ether oxygens (including phenoxy) is 1. The third-order valence-corrected chi connectivity index (χ3v) is 10.4. The van der Waals surface area contributed by atoms with Crippen LogP contribution in [-0.2, 0) is 0 Å². The van der Waals surface area contributed by atoms with Gasteiger partial charge in [-0.15, -0.1) is 0 Å². The van der Waals surface area contributed by atoms with E-state index in [2.05, 4.69) is 20.5 Å². The molecular formula is C35H40Cl3N5O3. The number of nitrogens with zero attached hydrogens (tertiary/aromatic N) is 3. The Kier molecular flexibility index (Phi) is 10.1. The van der Waals surface area contributed by atoms with E-state index < -0.39 is 0 Å². The number of amides is 2. The summed E-state index contributed by atoms with van der Waals surface area (Å²) in [5.41, 5.74) is 3.92. The first-order valence-electron chi connectivity index (χ1n) is 16.0. The van der Waals surface area contributed by atoms with E-state index in [1.165, 1.54) is 0 Å². The Morgan fingerprint density at radius 1 is 1.04 bits per heavy atom. The summed E-state index contributed by atoms with van der Waals surface area (Å²) in [5.74, 6) is 0.497. The normalized spacial score (nSPS) is 22.3. The van der Waals surface area contributed by atoms with Crippen LogP contribution in [0.5, 0.6) is 5.75 Å². The van der Waals surface area contributed by atoms with Gasteiger partial charge in [0.15, 0.2) is 5.75 Å². The van der Waals surface area contributed by atoms with Crippen molar-refractivity contribution >= 4 is 46.6 Å². The molecule has 2 amide bonds. The van der Waals surface area contributed by atoms with E-state index in [0.717, 1.165) is 68.4 Å². The van der Waals surface area contributed by atoms with Gasteiger partial charge in [-0.05, 0) is 105 Å². The van der Waals surface area contributed by atoms with Gasteiger partial charge in [0.25, 0.3) is 11.8 Å². The molecule has 1 aromatic heterocycles. The minimum atomic E-state index is -0.311. The number of halogens is 3. The molecule has 0 radical (unpaired) electrons. The Morgan fingerprint density at radius 2 is 1.80 bits per heavy atom. The largest absolute Gasteiger partial charge is 0.486 e. The summed E-state index contributed by atoms with van der Waals surface area (Å²) in [4.78, 5) is 35.4. The van der Waals surface area contributed by atoms with Crippen LogP contribution in [0.1, 0.15) is 88.4 Å². The van der Waals surface area contributed by atoms with Crippen LogP contribution in [0, 0.1) is 6.92 Å². The Hall–Kier alpha value is -2.88. The first kappa shape index (κ1) is 33.0. The van der Waals surface area contributed by atoms with Crippen molar-refractivity contribution in [1.82, 2.24) is 25.4 Å². The molecule has 0 bridgehead atoms. The average molecular weight is 685 g/mol. The van der Waals surface area contributed by atoms with E-state index in [1.54, 1.807) is 37.6 Å². The van der Waals surface area contributed by atoms with Gasteiger partial charge in [0.2, 0.25) is 0 Å². The lowest BCUT2D eigenvalue weighted by Crippen LogP contribution is -2.49.